The fourth-order valence-corrected chi connectivity index (χ4v) is 0.428. The van der Waals surface area contributed by atoms with Crippen molar-refractivity contribution in [1.29, 1.82) is 0 Å². The summed E-state index contributed by atoms with van der Waals surface area (Å²) in [5.74, 6) is 0. The van der Waals surface area contributed by atoms with Crippen molar-refractivity contribution in [2.24, 2.45) is 0 Å². The van der Waals surface area contributed by atoms with Crippen LogP contribution in [0.15, 0.2) is 6.20 Å². The molecule has 0 unspecified atom stereocenters. The van der Waals surface area contributed by atoms with Crippen LogP contribution in [0, 0.1) is 7.05 Å². The second-order valence-corrected chi connectivity index (χ2v) is 1.64. The molecule has 0 bridgehead atoms. The van der Waals surface area contributed by atoms with Crippen LogP contribution in [0.1, 0.15) is 5.69 Å². The number of nitrogens with zero attached hydrogens (tertiary/aromatic N) is 3. The molecule has 0 amide bonds. The van der Waals surface area contributed by atoms with E-state index in [0.717, 1.165) is 4.68 Å². The zero-order valence-electron chi connectivity index (χ0n) is 4.76. The molecule has 3 nitrogen and oxygen atoms in total. The molecule has 1 aromatic rings. The van der Waals surface area contributed by atoms with Crippen molar-refractivity contribution in [2.75, 3.05) is 0 Å². The van der Waals surface area contributed by atoms with Gasteiger partial charge in [-0.15, -0.1) is 5.10 Å². The Bertz CT molecular complexity index is 226. The highest BCUT2D eigenvalue weighted by atomic mass is 19.4. The first-order valence-corrected chi connectivity index (χ1v) is 2.30. The maximum absolute atomic E-state index is 11.7. The van der Waals surface area contributed by atoms with Crippen molar-refractivity contribution in [3.63, 3.8) is 0 Å². The van der Waals surface area contributed by atoms with Gasteiger partial charge in [0.15, 0.2) is 0 Å². The predicted octanol–water partition coefficient (Wildman–Crippen LogP) is 0.937. The molecule has 0 aliphatic rings. The van der Waals surface area contributed by atoms with Gasteiger partial charge in [-0.25, -0.2) is 0 Å². The Labute approximate surface area is 54.5 Å². The fraction of sp³-hybridized carbons (Fsp3) is 0.250. The van der Waals surface area contributed by atoms with E-state index >= 15 is 0 Å². The zero-order valence-corrected chi connectivity index (χ0v) is 4.76. The Kier molecular flexibility index (Phi) is 1.31. The van der Waals surface area contributed by atoms with Gasteiger partial charge in [-0.3, -0.25) is 0 Å². The first kappa shape index (κ1) is 6.91. The maximum Gasteiger partial charge on any atom is 0.419 e. The molecule has 6 heteroatoms. The quantitative estimate of drug-likeness (QED) is 0.515. The molecule has 0 aliphatic carbocycles. The molecule has 1 rings (SSSR count). The van der Waals surface area contributed by atoms with Crippen LogP contribution >= 0.6 is 0 Å². The largest absolute Gasteiger partial charge is 0.419 e. The summed E-state index contributed by atoms with van der Waals surface area (Å²) in [5.41, 5.74) is -1.03. The summed E-state index contributed by atoms with van der Waals surface area (Å²) in [4.78, 5) is 0. The van der Waals surface area contributed by atoms with Crippen molar-refractivity contribution < 1.29 is 13.2 Å². The first-order valence-electron chi connectivity index (χ1n) is 2.30. The standard InChI is InChI=1S/C4H3F3N3/c1-10-2-3(8-9-10)4(5,6)7/h2H,1H2/q-1. The average molecular weight is 150 g/mol. The minimum absolute atomic E-state index is 0.708. The van der Waals surface area contributed by atoms with E-state index in [4.69, 9.17) is 0 Å². The number of alkyl halides is 3. The van der Waals surface area contributed by atoms with Gasteiger partial charge in [0.05, 0.1) is 0 Å². The van der Waals surface area contributed by atoms with Crippen molar-refractivity contribution in [1.82, 2.24) is 15.0 Å². The van der Waals surface area contributed by atoms with Gasteiger partial charge in [0, 0.05) is 0 Å². The topological polar surface area (TPSA) is 30.7 Å². The molecule has 0 N–H and O–H groups in total. The van der Waals surface area contributed by atoms with Gasteiger partial charge in [-0.1, -0.05) is 11.4 Å². The van der Waals surface area contributed by atoms with E-state index < -0.39 is 11.9 Å². The minimum Gasteiger partial charge on any atom is -0.388 e. The van der Waals surface area contributed by atoms with Gasteiger partial charge in [0.1, 0.15) is 5.69 Å². The Balaban J connectivity index is 2.96. The summed E-state index contributed by atoms with van der Waals surface area (Å²) < 4.78 is 35.7. The van der Waals surface area contributed by atoms with Crippen molar-refractivity contribution in [3.8, 4) is 0 Å². The number of rotatable bonds is 0. The summed E-state index contributed by atoms with van der Waals surface area (Å²) in [6.07, 6.45) is -3.71. The molecule has 0 saturated heterocycles. The minimum atomic E-state index is -4.42. The molecular formula is C4H3F3N3-. The Hall–Kier alpha value is -1.20. The molecule has 0 aromatic carbocycles. The van der Waals surface area contributed by atoms with Crippen molar-refractivity contribution in [2.45, 2.75) is 6.18 Å². The molecule has 0 atom stereocenters. The van der Waals surface area contributed by atoms with Crippen LogP contribution in [-0.2, 0) is 6.18 Å². The average Bonchev–Trinajstić information content (AvgIpc) is 2.11. The number of hydrogen-bond donors (Lipinski definition) is 0. The second-order valence-electron chi connectivity index (χ2n) is 1.64. The molecule has 1 heterocycles. The fourth-order valence-electron chi connectivity index (χ4n) is 0.428. The third-order valence-corrected chi connectivity index (χ3v) is 0.829. The van der Waals surface area contributed by atoms with Crippen LogP contribution < -0.4 is 0 Å². The lowest BCUT2D eigenvalue weighted by Crippen LogP contribution is -2.04. The SMILES string of the molecule is [CH2-]n1cc(C(F)(F)F)nn1. The van der Waals surface area contributed by atoms with E-state index in [1.165, 1.54) is 0 Å². The lowest BCUT2D eigenvalue weighted by Gasteiger charge is -2.01. The predicted molar refractivity (Wildman–Crippen MR) is 25.8 cm³/mol. The normalized spacial score (nSPS) is 11.9. The molecule has 10 heavy (non-hydrogen) atoms. The summed E-state index contributed by atoms with van der Waals surface area (Å²) in [5, 5.41) is 5.83. The van der Waals surface area contributed by atoms with E-state index in [-0.39, 0.29) is 0 Å². The van der Waals surface area contributed by atoms with Crippen LogP contribution in [0.25, 0.3) is 0 Å². The summed E-state index contributed by atoms with van der Waals surface area (Å²) >= 11 is 0. The van der Waals surface area contributed by atoms with Gasteiger partial charge in [0.2, 0.25) is 0 Å². The van der Waals surface area contributed by atoms with Crippen LogP contribution in [0.3, 0.4) is 0 Å². The number of hydrogen-bond acceptors (Lipinski definition) is 2. The second kappa shape index (κ2) is 1.89. The van der Waals surface area contributed by atoms with E-state index in [1.807, 2.05) is 0 Å². The Morgan fingerprint density at radius 1 is 1.50 bits per heavy atom. The van der Waals surface area contributed by atoms with E-state index in [0.29, 0.717) is 6.20 Å². The molecule has 0 radical (unpaired) electrons. The van der Waals surface area contributed by atoms with Crippen LogP contribution in [0.4, 0.5) is 13.2 Å². The van der Waals surface area contributed by atoms with Crippen LogP contribution in [0.2, 0.25) is 0 Å². The lowest BCUT2D eigenvalue weighted by molar-refractivity contribution is -0.141. The highest BCUT2D eigenvalue weighted by Crippen LogP contribution is 2.26. The molecule has 0 saturated carbocycles. The molecule has 0 fully saturated rings. The van der Waals surface area contributed by atoms with Gasteiger partial charge in [-0.05, 0) is 0 Å². The zero-order chi connectivity index (χ0) is 7.78. The van der Waals surface area contributed by atoms with Crippen molar-refractivity contribution in [3.05, 3.63) is 18.9 Å². The molecule has 56 valence electrons. The lowest BCUT2D eigenvalue weighted by atomic mass is 10.5. The molecule has 0 spiro atoms. The van der Waals surface area contributed by atoms with Crippen LogP contribution in [0.5, 0.6) is 0 Å². The highest BCUT2D eigenvalue weighted by molar-refractivity contribution is 4.97. The molecule has 0 aliphatic heterocycles. The number of aromatic nitrogens is 3. The van der Waals surface area contributed by atoms with E-state index in [1.54, 1.807) is 0 Å². The Morgan fingerprint density at radius 2 is 2.10 bits per heavy atom. The third kappa shape index (κ3) is 1.20. The van der Waals surface area contributed by atoms with Gasteiger partial charge < -0.3 is 4.68 Å². The highest BCUT2D eigenvalue weighted by Gasteiger charge is 2.30. The van der Waals surface area contributed by atoms with Crippen LogP contribution in [-0.4, -0.2) is 15.0 Å². The number of halogens is 3. The third-order valence-electron chi connectivity index (χ3n) is 0.829. The van der Waals surface area contributed by atoms with Gasteiger partial charge >= 0.3 is 6.18 Å². The molecule has 1 aromatic heterocycles. The first-order chi connectivity index (χ1) is 4.50. The smallest absolute Gasteiger partial charge is 0.388 e. The van der Waals surface area contributed by atoms with E-state index in [2.05, 4.69) is 17.4 Å². The monoisotopic (exact) mass is 150 g/mol. The summed E-state index contributed by atoms with van der Waals surface area (Å²) in [6.45, 7) is 0. The molecular weight excluding hydrogens is 147 g/mol. The van der Waals surface area contributed by atoms with Crippen molar-refractivity contribution >= 4 is 0 Å². The Morgan fingerprint density at radius 3 is 2.30 bits per heavy atom. The summed E-state index contributed by atoms with van der Waals surface area (Å²) in [7, 11) is 3.10. The van der Waals surface area contributed by atoms with Gasteiger partial charge in [0.25, 0.3) is 0 Å². The summed E-state index contributed by atoms with van der Waals surface area (Å²) in [6, 6.07) is 0. The van der Waals surface area contributed by atoms with Gasteiger partial charge in [-0.2, -0.15) is 20.2 Å². The maximum atomic E-state index is 11.7. The van der Waals surface area contributed by atoms with E-state index in [9.17, 15) is 13.2 Å².